The Morgan fingerprint density at radius 1 is 1.10 bits per heavy atom. The van der Waals surface area contributed by atoms with Gasteiger partial charge in [-0.1, -0.05) is 47.6 Å². The second-order valence-corrected chi connectivity index (χ2v) is 6.85. The van der Waals surface area contributed by atoms with E-state index in [9.17, 15) is 4.79 Å². The van der Waals surface area contributed by atoms with Crippen molar-refractivity contribution in [2.75, 3.05) is 4.90 Å². The molecule has 4 heteroatoms. The number of hydrogen-bond donors (Lipinski definition) is 0. The first kappa shape index (κ1) is 12.3. The Labute approximate surface area is 126 Å². The summed E-state index contributed by atoms with van der Waals surface area (Å²) in [5.74, 6) is 0.206. The van der Waals surface area contributed by atoms with Crippen LogP contribution in [0.2, 0.25) is 5.02 Å². The summed E-state index contributed by atoms with van der Waals surface area (Å²) in [6, 6.07) is 16.0. The van der Waals surface area contributed by atoms with Gasteiger partial charge in [-0.05, 0) is 36.2 Å². The maximum atomic E-state index is 12.4. The number of anilines is 1. The van der Waals surface area contributed by atoms with Crippen LogP contribution in [0.3, 0.4) is 0 Å². The van der Waals surface area contributed by atoms with Gasteiger partial charge >= 0.3 is 0 Å². The highest BCUT2D eigenvalue weighted by Gasteiger charge is 2.53. The molecule has 1 saturated heterocycles. The summed E-state index contributed by atoms with van der Waals surface area (Å²) in [6.07, 6.45) is 1.44. The van der Waals surface area contributed by atoms with Gasteiger partial charge in [0.05, 0.1) is 5.69 Å². The van der Waals surface area contributed by atoms with Crippen molar-refractivity contribution < 1.29 is 4.79 Å². The fraction of sp³-hybridized carbons (Fsp3) is 0.188. The molecule has 20 heavy (non-hydrogen) atoms. The predicted octanol–water partition coefficient (Wildman–Crippen LogP) is 4.43. The highest BCUT2D eigenvalue weighted by Crippen LogP contribution is 2.60. The number of fused-ring (bicyclic) bond motifs is 3. The molecule has 4 rings (SSSR count). The van der Waals surface area contributed by atoms with Crippen LogP contribution in [0.15, 0.2) is 53.4 Å². The van der Waals surface area contributed by atoms with Gasteiger partial charge in [-0.3, -0.25) is 9.69 Å². The Morgan fingerprint density at radius 3 is 2.65 bits per heavy atom. The van der Waals surface area contributed by atoms with E-state index < -0.39 is 0 Å². The van der Waals surface area contributed by atoms with Crippen molar-refractivity contribution in [3.63, 3.8) is 0 Å². The smallest absolute Gasteiger partial charge is 0.228 e. The first-order valence-electron chi connectivity index (χ1n) is 6.58. The lowest BCUT2D eigenvalue weighted by Crippen LogP contribution is -2.37. The Morgan fingerprint density at radius 2 is 1.85 bits per heavy atom. The Balaban J connectivity index is 1.90. The fourth-order valence-electron chi connectivity index (χ4n) is 3.08. The SMILES string of the molecule is O=C1CCC2(c3ccc(Cl)cc3)Sc3ccccc3N12. The molecule has 1 fully saturated rings. The number of benzene rings is 2. The van der Waals surface area contributed by atoms with Gasteiger partial charge in [0.15, 0.2) is 0 Å². The van der Waals surface area contributed by atoms with Crippen molar-refractivity contribution in [3.05, 3.63) is 59.1 Å². The van der Waals surface area contributed by atoms with Crippen molar-refractivity contribution in [3.8, 4) is 0 Å². The van der Waals surface area contributed by atoms with E-state index in [0.29, 0.717) is 6.42 Å². The van der Waals surface area contributed by atoms with Gasteiger partial charge in [0, 0.05) is 16.3 Å². The minimum Gasteiger partial charge on any atom is -0.292 e. The lowest BCUT2D eigenvalue weighted by Gasteiger charge is -2.31. The van der Waals surface area contributed by atoms with Gasteiger partial charge in [0.25, 0.3) is 0 Å². The highest BCUT2D eigenvalue weighted by atomic mass is 35.5. The number of carbonyl (C=O) groups excluding carboxylic acids is 1. The molecule has 0 aliphatic carbocycles. The standard InChI is InChI=1S/C16H12ClNOS/c17-12-7-5-11(6-8-12)16-10-9-15(19)18(16)13-3-1-2-4-14(13)20-16/h1-8H,9-10H2. The average Bonchev–Trinajstić information content (AvgIpc) is 2.96. The Hall–Kier alpha value is -1.45. The molecule has 0 N–H and O–H groups in total. The van der Waals surface area contributed by atoms with E-state index in [0.717, 1.165) is 22.7 Å². The normalized spacial score (nSPS) is 23.9. The Bertz CT molecular complexity index is 700. The van der Waals surface area contributed by atoms with E-state index >= 15 is 0 Å². The molecule has 1 amide bonds. The molecule has 2 aliphatic heterocycles. The van der Waals surface area contributed by atoms with Crippen LogP contribution in [0.1, 0.15) is 18.4 Å². The third-order valence-corrected chi connectivity index (χ3v) is 5.75. The monoisotopic (exact) mass is 301 g/mol. The van der Waals surface area contributed by atoms with Crippen LogP contribution in [0, 0.1) is 0 Å². The number of hydrogen-bond acceptors (Lipinski definition) is 2. The number of thioether (sulfide) groups is 1. The van der Waals surface area contributed by atoms with Crippen LogP contribution in [-0.4, -0.2) is 5.91 Å². The molecule has 100 valence electrons. The molecule has 1 atom stereocenters. The highest BCUT2D eigenvalue weighted by molar-refractivity contribution is 8.01. The van der Waals surface area contributed by atoms with Crippen molar-refractivity contribution >= 4 is 35.0 Å². The Kier molecular flexibility index (Phi) is 2.63. The zero-order chi connectivity index (χ0) is 13.7. The summed E-state index contributed by atoms with van der Waals surface area (Å²) < 4.78 is 0. The molecule has 0 radical (unpaired) electrons. The summed E-state index contributed by atoms with van der Waals surface area (Å²) in [4.78, 5) is 15.2. The summed E-state index contributed by atoms with van der Waals surface area (Å²) in [5.41, 5.74) is 2.18. The molecular weight excluding hydrogens is 290 g/mol. The lowest BCUT2D eigenvalue weighted by atomic mass is 10.0. The van der Waals surface area contributed by atoms with Crippen molar-refractivity contribution in [1.82, 2.24) is 0 Å². The number of para-hydroxylation sites is 1. The van der Waals surface area contributed by atoms with Gasteiger partial charge in [-0.15, -0.1) is 0 Å². The molecule has 0 saturated carbocycles. The van der Waals surface area contributed by atoms with Crippen molar-refractivity contribution in [1.29, 1.82) is 0 Å². The topological polar surface area (TPSA) is 20.3 Å². The zero-order valence-corrected chi connectivity index (χ0v) is 12.2. The van der Waals surface area contributed by atoms with Gasteiger partial charge in [-0.2, -0.15) is 0 Å². The summed E-state index contributed by atoms with van der Waals surface area (Å²) in [6.45, 7) is 0. The molecule has 1 unspecified atom stereocenters. The van der Waals surface area contributed by atoms with Crippen molar-refractivity contribution in [2.24, 2.45) is 0 Å². The molecule has 2 nitrogen and oxygen atoms in total. The van der Waals surface area contributed by atoms with Crippen LogP contribution in [0.4, 0.5) is 5.69 Å². The van der Waals surface area contributed by atoms with Crippen LogP contribution in [0.25, 0.3) is 0 Å². The lowest BCUT2D eigenvalue weighted by molar-refractivity contribution is -0.117. The second kappa shape index (κ2) is 4.27. The van der Waals surface area contributed by atoms with E-state index in [1.165, 1.54) is 4.90 Å². The molecule has 0 spiro atoms. The quantitative estimate of drug-likeness (QED) is 0.777. The van der Waals surface area contributed by atoms with Gasteiger partial charge < -0.3 is 0 Å². The van der Waals surface area contributed by atoms with Crippen LogP contribution in [-0.2, 0) is 9.67 Å². The predicted molar refractivity (Wildman–Crippen MR) is 82.1 cm³/mol. The van der Waals surface area contributed by atoms with Crippen LogP contribution >= 0.6 is 23.4 Å². The van der Waals surface area contributed by atoms with Gasteiger partial charge in [0.1, 0.15) is 4.87 Å². The van der Waals surface area contributed by atoms with Gasteiger partial charge in [-0.25, -0.2) is 0 Å². The molecule has 2 heterocycles. The molecular formula is C16H12ClNOS. The molecule has 2 aromatic rings. The third kappa shape index (κ3) is 1.57. The number of carbonyl (C=O) groups is 1. The molecule has 0 bridgehead atoms. The van der Waals surface area contributed by atoms with E-state index in [1.807, 2.05) is 47.4 Å². The molecule has 2 aromatic carbocycles. The van der Waals surface area contributed by atoms with Crippen LogP contribution < -0.4 is 4.90 Å². The average molecular weight is 302 g/mol. The van der Waals surface area contributed by atoms with E-state index in [1.54, 1.807) is 11.8 Å². The largest absolute Gasteiger partial charge is 0.292 e. The maximum absolute atomic E-state index is 12.4. The summed E-state index contributed by atoms with van der Waals surface area (Å²) >= 11 is 7.77. The van der Waals surface area contributed by atoms with Crippen molar-refractivity contribution in [2.45, 2.75) is 22.6 Å². The number of amides is 1. The molecule has 2 aliphatic rings. The number of rotatable bonds is 1. The van der Waals surface area contributed by atoms with E-state index in [-0.39, 0.29) is 10.8 Å². The van der Waals surface area contributed by atoms with Crippen LogP contribution in [0.5, 0.6) is 0 Å². The second-order valence-electron chi connectivity index (χ2n) is 5.09. The first-order chi connectivity index (χ1) is 9.71. The summed E-state index contributed by atoms with van der Waals surface area (Å²) in [5, 5.41) is 0.724. The number of halogens is 1. The first-order valence-corrected chi connectivity index (χ1v) is 7.77. The third-order valence-electron chi connectivity index (χ3n) is 3.97. The molecule has 0 aromatic heterocycles. The maximum Gasteiger partial charge on any atom is 0.228 e. The van der Waals surface area contributed by atoms with E-state index in [2.05, 4.69) is 6.07 Å². The number of nitrogens with zero attached hydrogens (tertiary/aromatic N) is 1. The minimum atomic E-state index is -0.286. The zero-order valence-electron chi connectivity index (χ0n) is 10.7. The minimum absolute atomic E-state index is 0.206. The summed E-state index contributed by atoms with van der Waals surface area (Å²) in [7, 11) is 0. The fourth-order valence-corrected chi connectivity index (χ4v) is 4.73. The van der Waals surface area contributed by atoms with Gasteiger partial charge in [0.2, 0.25) is 5.91 Å². The van der Waals surface area contributed by atoms with E-state index in [4.69, 9.17) is 11.6 Å².